The average Bonchev–Trinajstić information content (AvgIpc) is 3.31. The molecule has 0 N–H and O–H groups in total. The van der Waals surface area contributed by atoms with Crippen LogP contribution in [0.15, 0.2) is 33.9 Å². The van der Waals surface area contributed by atoms with Gasteiger partial charge >= 0.3 is 0 Å². The van der Waals surface area contributed by atoms with Crippen LogP contribution in [0.1, 0.15) is 37.1 Å². The first-order valence-electron chi connectivity index (χ1n) is 8.64. The van der Waals surface area contributed by atoms with Crippen molar-refractivity contribution in [1.82, 2.24) is 14.4 Å². The molecule has 26 heavy (non-hydrogen) atoms. The number of piperidine rings is 1. The van der Waals surface area contributed by atoms with E-state index in [1.807, 2.05) is 6.07 Å². The lowest BCUT2D eigenvalue weighted by Gasteiger charge is -2.30. The topological polar surface area (TPSA) is 96.6 Å². The van der Waals surface area contributed by atoms with Gasteiger partial charge in [0.1, 0.15) is 0 Å². The van der Waals surface area contributed by atoms with E-state index < -0.39 is 10.0 Å². The fourth-order valence-corrected chi connectivity index (χ4v) is 5.26. The Morgan fingerprint density at radius 1 is 1.31 bits per heavy atom. The van der Waals surface area contributed by atoms with E-state index in [1.165, 1.54) is 17.6 Å². The van der Waals surface area contributed by atoms with Gasteiger partial charge in [0.15, 0.2) is 6.33 Å². The zero-order chi connectivity index (χ0) is 18.3. The minimum absolute atomic E-state index is 0.0762. The van der Waals surface area contributed by atoms with Gasteiger partial charge in [-0.25, -0.2) is 8.42 Å². The van der Waals surface area contributed by atoms with E-state index in [0.717, 1.165) is 24.8 Å². The Balaban J connectivity index is 1.63. The van der Waals surface area contributed by atoms with Gasteiger partial charge in [0.05, 0.1) is 10.8 Å². The number of benzene rings is 1. The molecule has 9 heteroatoms. The van der Waals surface area contributed by atoms with Crippen LogP contribution in [-0.2, 0) is 21.2 Å². The minimum atomic E-state index is -3.65. The number of carbonyl (C=O) groups is 1. The largest absolute Gasteiger partial charge is 0.339 e. The van der Waals surface area contributed by atoms with Crippen molar-refractivity contribution in [1.29, 1.82) is 0 Å². The summed E-state index contributed by atoms with van der Waals surface area (Å²) in [5.74, 6) is 0.304. The van der Waals surface area contributed by atoms with Gasteiger partial charge in [0.25, 0.3) is 0 Å². The molecular weight excluding hydrogens is 356 g/mol. The zero-order valence-corrected chi connectivity index (χ0v) is 15.3. The van der Waals surface area contributed by atoms with E-state index in [2.05, 4.69) is 10.1 Å². The second kappa shape index (κ2) is 6.48. The van der Waals surface area contributed by atoms with Gasteiger partial charge in [0, 0.05) is 32.2 Å². The summed E-state index contributed by atoms with van der Waals surface area (Å²) in [4.78, 5) is 17.7. The molecule has 1 aromatic heterocycles. The SMILES string of the molecule is CC(=O)N1CCc2ccc(S(=O)(=O)N3CCC[C@@H](c4ncno4)C3)cc21. The standard InChI is InChI=1S/C17H20N4O4S/c1-12(22)21-8-6-13-4-5-15(9-16(13)21)26(23,24)20-7-2-3-14(10-20)17-18-11-19-25-17/h4-5,9,11,14H,2-3,6-8,10H2,1H3/t14-/m1/s1. The first kappa shape index (κ1) is 17.2. The molecule has 1 atom stereocenters. The second-order valence-electron chi connectivity index (χ2n) is 6.69. The number of nitrogens with zero attached hydrogens (tertiary/aromatic N) is 4. The average molecular weight is 376 g/mol. The number of carbonyl (C=O) groups excluding carboxylic acids is 1. The Bertz CT molecular complexity index is 926. The molecule has 3 heterocycles. The number of hydrogen-bond donors (Lipinski definition) is 0. The summed E-state index contributed by atoms with van der Waals surface area (Å²) in [5, 5.41) is 3.62. The van der Waals surface area contributed by atoms with Crippen LogP contribution >= 0.6 is 0 Å². The van der Waals surface area contributed by atoms with Crippen molar-refractivity contribution in [2.24, 2.45) is 0 Å². The van der Waals surface area contributed by atoms with Crippen LogP contribution in [0.25, 0.3) is 0 Å². The highest BCUT2D eigenvalue weighted by Crippen LogP contribution is 2.33. The smallest absolute Gasteiger partial charge is 0.243 e. The number of anilines is 1. The highest BCUT2D eigenvalue weighted by molar-refractivity contribution is 7.89. The van der Waals surface area contributed by atoms with Crippen LogP contribution in [-0.4, -0.2) is 48.4 Å². The molecule has 1 amide bonds. The Morgan fingerprint density at radius 2 is 2.15 bits per heavy atom. The van der Waals surface area contributed by atoms with E-state index in [-0.39, 0.29) is 16.7 Å². The lowest BCUT2D eigenvalue weighted by molar-refractivity contribution is -0.116. The van der Waals surface area contributed by atoms with Crippen molar-refractivity contribution in [3.05, 3.63) is 36.0 Å². The monoisotopic (exact) mass is 376 g/mol. The Kier molecular flexibility index (Phi) is 4.28. The van der Waals surface area contributed by atoms with Gasteiger partial charge in [-0.05, 0) is 37.0 Å². The first-order chi connectivity index (χ1) is 12.5. The number of hydrogen-bond acceptors (Lipinski definition) is 6. The van der Waals surface area contributed by atoms with Gasteiger partial charge in [0.2, 0.25) is 21.8 Å². The Labute approximate surface area is 151 Å². The number of fused-ring (bicyclic) bond motifs is 1. The van der Waals surface area contributed by atoms with Crippen molar-refractivity contribution in [2.75, 3.05) is 24.5 Å². The van der Waals surface area contributed by atoms with Crippen LogP contribution in [0.2, 0.25) is 0 Å². The lowest BCUT2D eigenvalue weighted by Crippen LogP contribution is -2.39. The molecule has 8 nitrogen and oxygen atoms in total. The van der Waals surface area contributed by atoms with Crippen LogP contribution in [0.5, 0.6) is 0 Å². The number of sulfonamides is 1. The van der Waals surface area contributed by atoms with E-state index in [9.17, 15) is 13.2 Å². The molecule has 2 aromatic rings. The van der Waals surface area contributed by atoms with Gasteiger partial charge in [-0.15, -0.1) is 0 Å². The summed E-state index contributed by atoms with van der Waals surface area (Å²) in [6, 6.07) is 5.06. The van der Waals surface area contributed by atoms with Gasteiger partial charge in [-0.1, -0.05) is 11.2 Å². The third kappa shape index (κ3) is 2.90. The molecule has 0 aliphatic carbocycles. The fourth-order valence-electron chi connectivity index (χ4n) is 3.72. The summed E-state index contributed by atoms with van der Waals surface area (Å²) < 4.78 is 32.9. The summed E-state index contributed by atoms with van der Waals surface area (Å²) in [5.41, 5.74) is 1.70. The lowest BCUT2D eigenvalue weighted by atomic mass is 10.00. The molecule has 2 aliphatic heterocycles. The summed E-state index contributed by atoms with van der Waals surface area (Å²) in [6.45, 7) is 2.87. The van der Waals surface area contributed by atoms with Crippen molar-refractivity contribution in [3.8, 4) is 0 Å². The van der Waals surface area contributed by atoms with E-state index in [0.29, 0.717) is 31.2 Å². The number of rotatable bonds is 3. The first-order valence-corrected chi connectivity index (χ1v) is 10.1. The third-order valence-corrected chi connectivity index (χ3v) is 6.94. The predicted octanol–water partition coefficient (Wildman–Crippen LogP) is 1.55. The molecule has 1 saturated heterocycles. The predicted molar refractivity (Wildman–Crippen MR) is 93.2 cm³/mol. The quantitative estimate of drug-likeness (QED) is 0.806. The molecule has 0 saturated carbocycles. The fraction of sp³-hybridized carbons (Fsp3) is 0.471. The van der Waals surface area contributed by atoms with E-state index in [1.54, 1.807) is 17.0 Å². The van der Waals surface area contributed by atoms with E-state index in [4.69, 9.17) is 4.52 Å². The molecule has 138 valence electrons. The number of amides is 1. The molecular formula is C17H20N4O4S. The van der Waals surface area contributed by atoms with Crippen molar-refractivity contribution >= 4 is 21.6 Å². The highest BCUT2D eigenvalue weighted by atomic mass is 32.2. The van der Waals surface area contributed by atoms with Gasteiger partial charge in [-0.3, -0.25) is 4.79 Å². The third-order valence-electron chi connectivity index (χ3n) is 5.08. The molecule has 1 fully saturated rings. The zero-order valence-electron chi connectivity index (χ0n) is 14.5. The summed E-state index contributed by atoms with van der Waals surface area (Å²) in [6.07, 6.45) is 3.63. The summed E-state index contributed by atoms with van der Waals surface area (Å²) >= 11 is 0. The maximum absolute atomic E-state index is 13.1. The minimum Gasteiger partial charge on any atom is -0.339 e. The number of aromatic nitrogens is 2. The Hall–Kier alpha value is -2.26. The molecule has 0 unspecified atom stereocenters. The van der Waals surface area contributed by atoms with Crippen LogP contribution < -0.4 is 4.90 Å². The maximum Gasteiger partial charge on any atom is 0.243 e. The molecule has 1 aromatic carbocycles. The van der Waals surface area contributed by atoms with Crippen molar-refractivity contribution in [2.45, 2.75) is 37.0 Å². The normalized spacial score (nSPS) is 21.0. The van der Waals surface area contributed by atoms with Gasteiger partial charge < -0.3 is 9.42 Å². The van der Waals surface area contributed by atoms with Crippen molar-refractivity contribution < 1.29 is 17.7 Å². The highest BCUT2D eigenvalue weighted by Gasteiger charge is 2.34. The van der Waals surface area contributed by atoms with Crippen molar-refractivity contribution in [3.63, 3.8) is 0 Å². The molecule has 2 aliphatic rings. The van der Waals surface area contributed by atoms with Crippen LogP contribution in [0, 0.1) is 0 Å². The Morgan fingerprint density at radius 3 is 2.88 bits per heavy atom. The van der Waals surface area contributed by atoms with Crippen LogP contribution in [0.4, 0.5) is 5.69 Å². The summed E-state index contributed by atoms with van der Waals surface area (Å²) in [7, 11) is -3.65. The molecule has 4 rings (SSSR count). The maximum atomic E-state index is 13.1. The molecule has 0 spiro atoms. The molecule has 0 bridgehead atoms. The van der Waals surface area contributed by atoms with Crippen LogP contribution in [0.3, 0.4) is 0 Å². The van der Waals surface area contributed by atoms with Gasteiger partial charge in [-0.2, -0.15) is 9.29 Å². The second-order valence-corrected chi connectivity index (χ2v) is 8.63. The van der Waals surface area contributed by atoms with E-state index >= 15 is 0 Å². The molecule has 0 radical (unpaired) electrons.